The second-order valence-electron chi connectivity index (χ2n) is 5.54. The first kappa shape index (κ1) is 18.6. The van der Waals surface area contributed by atoms with E-state index in [-0.39, 0.29) is 12.5 Å². The third kappa shape index (κ3) is 4.85. The molecule has 0 radical (unpaired) electrons. The summed E-state index contributed by atoms with van der Waals surface area (Å²) in [5.74, 6) is -0.114. The van der Waals surface area contributed by atoms with Gasteiger partial charge in [-0.25, -0.2) is 4.79 Å². The zero-order valence-electron chi connectivity index (χ0n) is 14.8. The number of esters is 1. The highest BCUT2D eigenvalue weighted by Crippen LogP contribution is 2.16. The zero-order chi connectivity index (χ0) is 18.2. The minimum absolute atomic E-state index is 0.0387. The van der Waals surface area contributed by atoms with Gasteiger partial charge in [0.05, 0.1) is 12.7 Å². The Morgan fingerprint density at radius 2 is 2.08 bits per heavy atom. The summed E-state index contributed by atoms with van der Waals surface area (Å²) in [6, 6.07) is 6.77. The Bertz CT molecular complexity index is 729. The minimum Gasteiger partial charge on any atom is -0.465 e. The maximum Gasteiger partial charge on any atom is 0.337 e. The smallest absolute Gasteiger partial charge is 0.337 e. The van der Waals surface area contributed by atoms with Gasteiger partial charge < -0.3 is 9.64 Å². The fourth-order valence-electron chi connectivity index (χ4n) is 2.36. The highest BCUT2D eigenvalue weighted by atomic mass is 16.5. The molecular weight excluding hydrogens is 322 g/mol. The van der Waals surface area contributed by atoms with Crippen molar-refractivity contribution in [1.82, 2.24) is 25.1 Å². The Balaban J connectivity index is 2.09. The highest BCUT2D eigenvalue weighted by Gasteiger charge is 2.15. The molecule has 0 saturated heterocycles. The van der Waals surface area contributed by atoms with Crippen molar-refractivity contribution < 1.29 is 14.3 Å². The van der Waals surface area contributed by atoms with Crippen LogP contribution >= 0.6 is 0 Å². The molecule has 0 saturated carbocycles. The van der Waals surface area contributed by atoms with Gasteiger partial charge in [-0.3, -0.25) is 4.79 Å². The number of tetrazole rings is 1. The van der Waals surface area contributed by atoms with Gasteiger partial charge in [-0.2, -0.15) is 4.80 Å². The molecule has 0 unspecified atom stereocenters. The van der Waals surface area contributed by atoms with Crippen LogP contribution in [0.15, 0.2) is 24.3 Å². The number of aromatic nitrogens is 4. The third-order valence-electron chi connectivity index (χ3n) is 3.79. The zero-order valence-corrected chi connectivity index (χ0v) is 14.8. The van der Waals surface area contributed by atoms with E-state index in [1.54, 1.807) is 29.2 Å². The Hall–Kier alpha value is -2.77. The van der Waals surface area contributed by atoms with Crippen LogP contribution in [0, 0.1) is 0 Å². The SMILES string of the molecule is CCCCN(CC)C(=O)Cn1nnc(-c2cccc(C(=O)OC)c2)n1. The first-order valence-electron chi connectivity index (χ1n) is 8.33. The van der Waals surface area contributed by atoms with Crippen LogP contribution in [0.3, 0.4) is 0 Å². The number of hydrogen-bond acceptors (Lipinski definition) is 6. The molecule has 0 spiro atoms. The summed E-state index contributed by atoms with van der Waals surface area (Å²) in [6.07, 6.45) is 2.00. The maximum absolute atomic E-state index is 12.3. The molecule has 2 aromatic rings. The molecule has 25 heavy (non-hydrogen) atoms. The fourth-order valence-corrected chi connectivity index (χ4v) is 2.36. The predicted molar refractivity (Wildman–Crippen MR) is 91.8 cm³/mol. The molecule has 1 heterocycles. The number of hydrogen-bond donors (Lipinski definition) is 0. The molecule has 1 aromatic heterocycles. The number of amides is 1. The Morgan fingerprint density at radius 1 is 1.28 bits per heavy atom. The van der Waals surface area contributed by atoms with E-state index in [0.717, 1.165) is 19.4 Å². The van der Waals surface area contributed by atoms with Crippen LogP contribution in [0.25, 0.3) is 11.4 Å². The van der Waals surface area contributed by atoms with Gasteiger partial charge in [0, 0.05) is 18.7 Å². The lowest BCUT2D eigenvalue weighted by Crippen LogP contribution is -2.35. The van der Waals surface area contributed by atoms with Crippen molar-refractivity contribution in [3.8, 4) is 11.4 Å². The fraction of sp³-hybridized carbons (Fsp3) is 0.471. The summed E-state index contributed by atoms with van der Waals surface area (Å²) in [5, 5.41) is 12.1. The molecule has 0 aliphatic rings. The molecule has 0 bridgehead atoms. The third-order valence-corrected chi connectivity index (χ3v) is 3.79. The Morgan fingerprint density at radius 3 is 2.76 bits per heavy atom. The predicted octanol–water partition coefficient (Wildman–Crippen LogP) is 1.78. The molecular formula is C17H23N5O3. The first-order chi connectivity index (χ1) is 12.1. The summed E-state index contributed by atoms with van der Waals surface area (Å²) in [7, 11) is 1.33. The minimum atomic E-state index is -0.432. The van der Waals surface area contributed by atoms with Crippen molar-refractivity contribution in [2.75, 3.05) is 20.2 Å². The average molecular weight is 345 g/mol. The molecule has 0 fully saturated rings. The van der Waals surface area contributed by atoms with E-state index >= 15 is 0 Å². The lowest BCUT2D eigenvalue weighted by Gasteiger charge is -2.19. The molecule has 0 atom stereocenters. The average Bonchev–Trinajstić information content (AvgIpc) is 3.10. The lowest BCUT2D eigenvalue weighted by molar-refractivity contribution is -0.132. The molecule has 0 aliphatic carbocycles. The molecule has 2 rings (SSSR count). The van der Waals surface area contributed by atoms with E-state index in [2.05, 4.69) is 22.3 Å². The van der Waals surface area contributed by atoms with Gasteiger partial charge in [0.2, 0.25) is 11.7 Å². The standard InChI is InChI=1S/C17H23N5O3/c1-4-6-10-21(5-2)15(23)12-22-19-16(18-20-22)13-8-7-9-14(11-13)17(24)25-3/h7-9,11H,4-6,10,12H2,1-3H3. The van der Waals surface area contributed by atoms with E-state index in [0.29, 0.717) is 23.5 Å². The summed E-state index contributed by atoms with van der Waals surface area (Å²) < 4.78 is 4.71. The number of carbonyl (C=O) groups is 2. The highest BCUT2D eigenvalue weighted by molar-refractivity contribution is 5.90. The van der Waals surface area contributed by atoms with Crippen molar-refractivity contribution in [2.45, 2.75) is 33.2 Å². The van der Waals surface area contributed by atoms with Gasteiger partial charge in [-0.15, -0.1) is 10.2 Å². The maximum atomic E-state index is 12.3. The van der Waals surface area contributed by atoms with E-state index in [4.69, 9.17) is 4.74 Å². The second kappa shape index (κ2) is 8.91. The number of benzene rings is 1. The van der Waals surface area contributed by atoms with E-state index in [9.17, 15) is 9.59 Å². The number of likely N-dealkylation sites (N-methyl/N-ethyl adjacent to an activating group) is 1. The van der Waals surface area contributed by atoms with Crippen molar-refractivity contribution in [2.24, 2.45) is 0 Å². The lowest BCUT2D eigenvalue weighted by atomic mass is 10.1. The molecule has 8 heteroatoms. The van der Waals surface area contributed by atoms with Crippen LogP contribution in [0.5, 0.6) is 0 Å². The van der Waals surface area contributed by atoms with Crippen LogP contribution < -0.4 is 0 Å². The molecule has 0 N–H and O–H groups in total. The number of ether oxygens (including phenoxy) is 1. The van der Waals surface area contributed by atoms with Crippen LogP contribution in [0.1, 0.15) is 37.0 Å². The van der Waals surface area contributed by atoms with Gasteiger partial charge in [0.1, 0.15) is 6.54 Å². The number of rotatable bonds is 8. The van der Waals surface area contributed by atoms with Gasteiger partial charge in [-0.05, 0) is 30.7 Å². The largest absolute Gasteiger partial charge is 0.465 e. The van der Waals surface area contributed by atoms with E-state index in [1.807, 2.05) is 6.92 Å². The summed E-state index contributed by atoms with van der Waals surface area (Å²) in [5.41, 5.74) is 1.05. The van der Waals surface area contributed by atoms with Crippen LogP contribution in [0.2, 0.25) is 0 Å². The van der Waals surface area contributed by atoms with Crippen molar-refractivity contribution in [3.05, 3.63) is 29.8 Å². The van der Waals surface area contributed by atoms with Gasteiger partial charge in [0.15, 0.2) is 0 Å². The summed E-state index contributed by atoms with van der Waals surface area (Å²) >= 11 is 0. The van der Waals surface area contributed by atoms with Gasteiger partial charge in [0.25, 0.3) is 0 Å². The monoisotopic (exact) mass is 345 g/mol. The van der Waals surface area contributed by atoms with Crippen LogP contribution in [0.4, 0.5) is 0 Å². The van der Waals surface area contributed by atoms with Crippen LogP contribution in [-0.2, 0) is 16.1 Å². The van der Waals surface area contributed by atoms with Crippen molar-refractivity contribution in [3.63, 3.8) is 0 Å². The molecule has 134 valence electrons. The Labute approximate surface area is 146 Å². The van der Waals surface area contributed by atoms with Gasteiger partial charge in [-0.1, -0.05) is 25.5 Å². The van der Waals surface area contributed by atoms with Crippen molar-refractivity contribution >= 4 is 11.9 Å². The topological polar surface area (TPSA) is 90.2 Å². The molecule has 1 amide bonds. The number of nitrogens with zero attached hydrogens (tertiary/aromatic N) is 5. The Kier molecular flexibility index (Phi) is 6.62. The number of unbranched alkanes of at least 4 members (excludes halogenated alkanes) is 1. The van der Waals surface area contributed by atoms with E-state index < -0.39 is 5.97 Å². The summed E-state index contributed by atoms with van der Waals surface area (Å²) in [4.78, 5) is 27.0. The molecule has 0 aliphatic heterocycles. The second-order valence-corrected chi connectivity index (χ2v) is 5.54. The summed E-state index contributed by atoms with van der Waals surface area (Å²) in [6.45, 7) is 5.47. The van der Waals surface area contributed by atoms with E-state index in [1.165, 1.54) is 11.9 Å². The normalized spacial score (nSPS) is 10.5. The molecule has 1 aromatic carbocycles. The number of carbonyl (C=O) groups excluding carboxylic acids is 2. The number of methoxy groups -OCH3 is 1. The quantitative estimate of drug-likeness (QED) is 0.677. The van der Waals surface area contributed by atoms with Gasteiger partial charge >= 0.3 is 5.97 Å². The molecule has 8 nitrogen and oxygen atoms in total. The van der Waals surface area contributed by atoms with Crippen molar-refractivity contribution in [1.29, 1.82) is 0 Å². The van der Waals surface area contributed by atoms with Crippen LogP contribution in [-0.4, -0.2) is 57.2 Å². The first-order valence-corrected chi connectivity index (χ1v) is 8.33.